The Morgan fingerprint density at radius 2 is 2.12 bits per heavy atom. The van der Waals surface area contributed by atoms with E-state index in [4.69, 9.17) is 10.00 Å². The number of esters is 1. The highest BCUT2D eigenvalue weighted by Gasteiger charge is 2.51. The number of cyclic esters (lactones) is 1. The number of nitriles is 1. The van der Waals surface area contributed by atoms with E-state index in [1.54, 1.807) is 11.6 Å². The van der Waals surface area contributed by atoms with Crippen molar-refractivity contribution in [1.82, 2.24) is 9.78 Å². The van der Waals surface area contributed by atoms with Gasteiger partial charge in [0.25, 0.3) is 0 Å². The molecular formula is C18H19N3O3. The fourth-order valence-corrected chi connectivity index (χ4v) is 3.33. The third kappa shape index (κ3) is 2.68. The maximum absolute atomic E-state index is 12.2. The van der Waals surface area contributed by atoms with Gasteiger partial charge in [-0.3, -0.25) is 4.68 Å². The number of nitrogens with zero attached hydrogens (tertiary/aromatic N) is 3. The molecule has 1 aliphatic heterocycles. The molecule has 6 heteroatoms. The first-order valence-corrected chi connectivity index (χ1v) is 7.84. The van der Waals surface area contributed by atoms with Crippen molar-refractivity contribution in [3.05, 3.63) is 52.8 Å². The zero-order valence-corrected chi connectivity index (χ0v) is 13.7. The summed E-state index contributed by atoms with van der Waals surface area (Å²) in [5.74, 6) is -0.701. The van der Waals surface area contributed by atoms with Crippen LogP contribution in [0.3, 0.4) is 0 Å². The van der Waals surface area contributed by atoms with E-state index in [2.05, 4.69) is 5.10 Å². The van der Waals surface area contributed by atoms with Crippen LogP contribution < -0.4 is 0 Å². The lowest BCUT2D eigenvalue weighted by Gasteiger charge is -2.18. The summed E-state index contributed by atoms with van der Waals surface area (Å²) < 4.78 is 6.94. The standard InChI is InChI=1S/C18H19N3O3/c1-12-16(18(23)10-15(8-9-19)24-17(18)22)13(2)21(20-12)11-14-6-4-3-5-7-14/h3-7,15,23H,8,10-11H2,1-2H3/t15-,18?/m0/s1. The molecule has 0 amide bonds. The van der Waals surface area contributed by atoms with Crippen molar-refractivity contribution in [2.45, 2.75) is 44.9 Å². The van der Waals surface area contributed by atoms with Gasteiger partial charge in [-0.25, -0.2) is 4.79 Å². The first-order chi connectivity index (χ1) is 11.5. The number of rotatable bonds is 4. The molecule has 6 nitrogen and oxygen atoms in total. The highest BCUT2D eigenvalue weighted by molar-refractivity contribution is 5.84. The maximum Gasteiger partial charge on any atom is 0.343 e. The molecule has 1 aliphatic rings. The Kier molecular flexibility index (Phi) is 4.12. The van der Waals surface area contributed by atoms with E-state index in [0.717, 1.165) is 11.3 Å². The first kappa shape index (κ1) is 16.2. The number of aromatic nitrogens is 2. The van der Waals surface area contributed by atoms with E-state index in [-0.39, 0.29) is 12.8 Å². The van der Waals surface area contributed by atoms with Gasteiger partial charge < -0.3 is 9.84 Å². The molecule has 2 aromatic rings. The number of benzene rings is 1. The molecule has 2 atom stereocenters. The lowest BCUT2D eigenvalue weighted by atomic mass is 9.88. The minimum Gasteiger partial charge on any atom is -0.459 e. The zero-order chi connectivity index (χ0) is 17.3. The number of aryl methyl sites for hydroxylation is 1. The average Bonchev–Trinajstić information content (AvgIpc) is 2.98. The van der Waals surface area contributed by atoms with E-state index >= 15 is 0 Å². The summed E-state index contributed by atoms with van der Waals surface area (Å²) in [6, 6.07) is 11.8. The molecule has 0 radical (unpaired) electrons. The molecule has 0 spiro atoms. The second-order valence-corrected chi connectivity index (χ2v) is 6.14. The topological polar surface area (TPSA) is 88.1 Å². The van der Waals surface area contributed by atoms with Crippen molar-refractivity contribution in [3.63, 3.8) is 0 Å². The molecule has 1 unspecified atom stereocenters. The molecule has 1 aromatic heterocycles. The van der Waals surface area contributed by atoms with E-state index in [9.17, 15) is 9.90 Å². The Labute approximate surface area is 140 Å². The summed E-state index contributed by atoms with van der Waals surface area (Å²) in [6.45, 7) is 4.16. The molecule has 1 saturated heterocycles. The lowest BCUT2D eigenvalue weighted by molar-refractivity contribution is -0.155. The molecule has 1 fully saturated rings. The van der Waals surface area contributed by atoms with Gasteiger partial charge in [0.05, 0.1) is 24.7 Å². The summed E-state index contributed by atoms with van der Waals surface area (Å²) >= 11 is 0. The zero-order valence-electron chi connectivity index (χ0n) is 13.7. The van der Waals surface area contributed by atoms with Crippen LogP contribution >= 0.6 is 0 Å². The van der Waals surface area contributed by atoms with E-state index in [0.29, 0.717) is 17.8 Å². The SMILES string of the molecule is Cc1nn(Cc2ccccc2)c(C)c1C1(O)C[C@H](CC#N)OC1=O. The minimum atomic E-state index is -1.73. The summed E-state index contributed by atoms with van der Waals surface area (Å²) in [6.07, 6.45) is -0.425. The quantitative estimate of drug-likeness (QED) is 0.868. The first-order valence-electron chi connectivity index (χ1n) is 7.84. The van der Waals surface area contributed by atoms with Crippen LogP contribution in [0, 0.1) is 25.2 Å². The molecule has 1 aromatic carbocycles. The molecule has 24 heavy (non-hydrogen) atoms. The van der Waals surface area contributed by atoms with E-state index in [1.165, 1.54) is 0 Å². The third-order valence-corrected chi connectivity index (χ3v) is 4.42. The molecule has 2 heterocycles. The monoisotopic (exact) mass is 325 g/mol. The molecule has 0 saturated carbocycles. The number of carbonyl (C=O) groups excluding carboxylic acids is 1. The summed E-state index contributed by atoms with van der Waals surface area (Å²) in [7, 11) is 0. The molecule has 0 bridgehead atoms. The molecule has 0 aliphatic carbocycles. The van der Waals surface area contributed by atoms with E-state index < -0.39 is 17.7 Å². The van der Waals surface area contributed by atoms with Gasteiger partial charge in [0.1, 0.15) is 6.10 Å². The molecule has 124 valence electrons. The van der Waals surface area contributed by atoms with Crippen molar-refractivity contribution in [3.8, 4) is 6.07 Å². The van der Waals surface area contributed by atoms with Gasteiger partial charge in [-0.2, -0.15) is 10.4 Å². The number of hydrogen-bond donors (Lipinski definition) is 1. The van der Waals surface area contributed by atoms with Gasteiger partial charge >= 0.3 is 5.97 Å². The Balaban J connectivity index is 1.95. The van der Waals surface area contributed by atoms with Crippen LogP contribution in [0.2, 0.25) is 0 Å². The number of hydrogen-bond acceptors (Lipinski definition) is 5. The van der Waals surface area contributed by atoms with Crippen LogP contribution in [0.1, 0.15) is 35.4 Å². The summed E-state index contributed by atoms with van der Waals surface area (Å²) in [4.78, 5) is 12.2. The van der Waals surface area contributed by atoms with Crippen LogP contribution in [0.25, 0.3) is 0 Å². The fraction of sp³-hybridized carbons (Fsp3) is 0.389. The highest BCUT2D eigenvalue weighted by atomic mass is 16.6. The Morgan fingerprint density at radius 1 is 1.42 bits per heavy atom. The maximum atomic E-state index is 12.2. The van der Waals surface area contributed by atoms with E-state index in [1.807, 2.05) is 43.3 Å². The van der Waals surface area contributed by atoms with Gasteiger partial charge in [0.15, 0.2) is 5.60 Å². The highest BCUT2D eigenvalue weighted by Crippen LogP contribution is 2.39. The van der Waals surface area contributed by atoms with Gasteiger partial charge in [0.2, 0.25) is 0 Å². The van der Waals surface area contributed by atoms with Gasteiger partial charge in [0, 0.05) is 17.7 Å². The normalized spacial score (nSPS) is 23.1. The molecule has 3 rings (SSSR count). The predicted octanol–water partition coefficient (Wildman–Crippen LogP) is 1.97. The van der Waals surface area contributed by atoms with Gasteiger partial charge in [-0.15, -0.1) is 0 Å². The van der Waals surface area contributed by atoms with Crippen molar-refractivity contribution < 1.29 is 14.6 Å². The second kappa shape index (κ2) is 6.10. The smallest absolute Gasteiger partial charge is 0.343 e. The van der Waals surface area contributed by atoms with Crippen molar-refractivity contribution in [2.24, 2.45) is 0 Å². The Morgan fingerprint density at radius 3 is 2.79 bits per heavy atom. The minimum absolute atomic E-state index is 0.0737. The van der Waals surface area contributed by atoms with Crippen LogP contribution in [0.15, 0.2) is 30.3 Å². The van der Waals surface area contributed by atoms with Crippen molar-refractivity contribution >= 4 is 5.97 Å². The predicted molar refractivity (Wildman–Crippen MR) is 85.9 cm³/mol. The molecular weight excluding hydrogens is 306 g/mol. The van der Waals surface area contributed by atoms with Crippen molar-refractivity contribution in [1.29, 1.82) is 5.26 Å². The average molecular weight is 325 g/mol. The van der Waals surface area contributed by atoms with Crippen LogP contribution in [-0.2, 0) is 21.7 Å². The van der Waals surface area contributed by atoms with Crippen LogP contribution in [0.4, 0.5) is 0 Å². The largest absolute Gasteiger partial charge is 0.459 e. The summed E-state index contributed by atoms with van der Waals surface area (Å²) in [5, 5.41) is 24.2. The number of carbonyl (C=O) groups is 1. The molecule has 1 N–H and O–H groups in total. The Bertz CT molecular complexity index is 807. The van der Waals surface area contributed by atoms with Gasteiger partial charge in [-0.05, 0) is 19.4 Å². The third-order valence-electron chi connectivity index (χ3n) is 4.42. The fourth-order valence-electron chi connectivity index (χ4n) is 3.33. The summed E-state index contributed by atoms with van der Waals surface area (Å²) in [5.41, 5.74) is 1.17. The van der Waals surface area contributed by atoms with Crippen LogP contribution in [0.5, 0.6) is 0 Å². The van der Waals surface area contributed by atoms with Crippen LogP contribution in [-0.4, -0.2) is 27.0 Å². The second-order valence-electron chi connectivity index (χ2n) is 6.14. The number of ether oxygens (including phenoxy) is 1. The lowest BCUT2D eigenvalue weighted by Crippen LogP contribution is -2.32. The Hall–Kier alpha value is -2.65. The van der Waals surface area contributed by atoms with Crippen molar-refractivity contribution in [2.75, 3.05) is 0 Å². The number of aliphatic hydroxyl groups is 1. The van der Waals surface area contributed by atoms with Gasteiger partial charge in [-0.1, -0.05) is 30.3 Å².